The second kappa shape index (κ2) is 6.44. The highest BCUT2D eigenvalue weighted by Gasteiger charge is 2.25. The van der Waals surface area contributed by atoms with E-state index in [2.05, 4.69) is 29.5 Å². The van der Waals surface area contributed by atoms with Crippen LogP contribution in [0.1, 0.15) is 41.3 Å². The van der Waals surface area contributed by atoms with Gasteiger partial charge in [0.05, 0.1) is 12.2 Å². The van der Waals surface area contributed by atoms with Gasteiger partial charge < -0.3 is 10.2 Å². The first kappa shape index (κ1) is 15.6. The molecule has 0 saturated carbocycles. The van der Waals surface area contributed by atoms with Gasteiger partial charge in [-0.25, -0.2) is 4.79 Å². The molecular weight excluding hydrogens is 288 g/mol. The summed E-state index contributed by atoms with van der Waals surface area (Å²) in [4.78, 5) is 14.3. The lowest BCUT2D eigenvalue weighted by molar-refractivity contribution is 0.201. The number of aromatic nitrogens is 2. The number of fused-ring (bicyclic) bond motifs is 1. The van der Waals surface area contributed by atoms with E-state index >= 15 is 0 Å². The third-order valence-electron chi connectivity index (χ3n) is 4.69. The summed E-state index contributed by atoms with van der Waals surface area (Å²) >= 11 is 0. The first-order chi connectivity index (χ1) is 11.1. The Kier molecular flexibility index (Phi) is 4.37. The average Bonchev–Trinajstić information content (AvgIpc) is 2.92. The molecule has 0 radical (unpaired) electrons. The Labute approximate surface area is 137 Å². The molecular formula is C18H24N4O. The fraction of sp³-hybridized carbons (Fsp3) is 0.444. The highest BCUT2D eigenvalue weighted by Crippen LogP contribution is 2.29. The van der Waals surface area contributed by atoms with E-state index in [1.54, 1.807) is 4.90 Å². The first-order valence-corrected chi connectivity index (χ1v) is 8.13. The van der Waals surface area contributed by atoms with Crippen molar-refractivity contribution in [3.05, 3.63) is 52.8 Å². The van der Waals surface area contributed by atoms with Crippen LogP contribution in [-0.2, 0) is 20.0 Å². The van der Waals surface area contributed by atoms with Crippen molar-refractivity contribution < 1.29 is 4.79 Å². The van der Waals surface area contributed by atoms with E-state index in [4.69, 9.17) is 0 Å². The third-order valence-corrected chi connectivity index (χ3v) is 4.69. The van der Waals surface area contributed by atoms with Gasteiger partial charge in [0.2, 0.25) is 0 Å². The minimum absolute atomic E-state index is 0.0324. The fourth-order valence-corrected chi connectivity index (χ4v) is 3.23. The number of aryl methyl sites for hydroxylation is 2. The number of carbonyl (C=O) groups excluding carboxylic acids is 1. The monoisotopic (exact) mass is 312 g/mol. The number of rotatable bonds is 3. The van der Waals surface area contributed by atoms with Gasteiger partial charge in [0.1, 0.15) is 0 Å². The lowest BCUT2D eigenvalue weighted by Crippen LogP contribution is -2.40. The second-order valence-electron chi connectivity index (χ2n) is 6.35. The van der Waals surface area contributed by atoms with Crippen LogP contribution in [0.15, 0.2) is 30.5 Å². The minimum Gasteiger partial charge on any atom is -0.331 e. The van der Waals surface area contributed by atoms with Crippen molar-refractivity contribution in [1.82, 2.24) is 20.0 Å². The molecule has 5 heteroatoms. The molecule has 2 aromatic rings. The molecule has 3 rings (SSSR count). The SMILES string of the molecule is Cc1ccccc1CN(C)C(=O)NC1CCCc2c1cnn2C. The van der Waals surface area contributed by atoms with Crippen LogP contribution in [0.2, 0.25) is 0 Å². The van der Waals surface area contributed by atoms with Gasteiger partial charge in [-0.3, -0.25) is 4.68 Å². The van der Waals surface area contributed by atoms with Gasteiger partial charge in [-0.1, -0.05) is 24.3 Å². The summed E-state index contributed by atoms with van der Waals surface area (Å²) in [5.41, 5.74) is 4.79. The van der Waals surface area contributed by atoms with Crippen molar-refractivity contribution in [2.24, 2.45) is 7.05 Å². The number of nitrogens with one attached hydrogen (secondary N) is 1. The second-order valence-corrected chi connectivity index (χ2v) is 6.35. The molecule has 122 valence electrons. The van der Waals surface area contributed by atoms with Crippen LogP contribution in [0.3, 0.4) is 0 Å². The molecule has 23 heavy (non-hydrogen) atoms. The zero-order chi connectivity index (χ0) is 16.4. The zero-order valence-electron chi connectivity index (χ0n) is 14.0. The Hall–Kier alpha value is -2.30. The molecule has 1 aromatic carbocycles. The quantitative estimate of drug-likeness (QED) is 0.947. The normalized spacial score (nSPS) is 16.7. The predicted molar refractivity (Wildman–Crippen MR) is 90.1 cm³/mol. The minimum atomic E-state index is -0.0324. The molecule has 0 aliphatic heterocycles. The highest BCUT2D eigenvalue weighted by molar-refractivity contribution is 5.74. The number of hydrogen-bond acceptors (Lipinski definition) is 2. The van der Waals surface area contributed by atoms with Gasteiger partial charge in [-0.05, 0) is 37.3 Å². The number of carbonyl (C=O) groups is 1. The van der Waals surface area contributed by atoms with Crippen molar-refractivity contribution >= 4 is 6.03 Å². The highest BCUT2D eigenvalue weighted by atomic mass is 16.2. The summed E-state index contributed by atoms with van der Waals surface area (Å²) < 4.78 is 1.92. The van der Waals surface area contributed by atoms with Gasteiger partial charge in [0, 0.05) is 31.9 Å². The number of hydrogen-bond donors (Lipinski definition) is 1. The maximum absolute atomic E-state index is 12.5. The average molecular weight is 312 g/mol. The molecule has 1 N–H and O–H groups in total. The van der Waals surface area contributed by atoms with Crippen LogP contribution >= 0.6 is 0 Å². The molecule has 1 aliphatic carbocycles. The van der Waals surface area contributed by atoms with Crippen LogP contribution in [0.4, 0.5) is 4.79 Å². The van der Waals surface area contributed by atoms with Crippen molar-refractivity contribution in [2.45, 2.75) is 38.8 Å². The number of urea groups is 1. The summed E-state index contributed by atoms with van der Waals surface area (Å²) in [5.74, 6) is 0. The molecule has 0 bridgehead atoms. The molecule has 2 amide bonds. The number of benzene rings is 1. The molecule has 0 spiro atoms. The summed E-state index contributed by atoms with van der Waals surface area (Å²) in [6.07, 6.45) is 4.99. The van der Waals surface area contributed by atoms with Crippen LogP contribution in [0.5, 0.6) is 0 Å². The number of amides is 2. The number of nitrogens with zero attached hydrogens (tertiary/aromatic N) is 3. The van der Waals surface area contributed by atoms with Gasteiger partial charge in [-0.15, -0.1) is 0 Å². The van der Waals surface area contributed by atoms with Crippen molar-refractivity contribution in [3.63, 3.8) is 0 Å². The molecule has 0 fully saturated rings. The van der Waals surface area contributed by atoms with Crippen LogP contribution in [0, 0.1) is 6.92 Å². The molecule has 1 aromatic heterocycles. The molecule has 1 aliphatic rings. The molecule has 1 heterocycles. The summed E-state index contributed by atoms with van der Waals surface area (Å²) in [7, 11) is 3.81. The largest absolute Gasteiger partial charge is 0.331 e. The van der Waals surface area contributed by atoms with Crippen molar-refractivity contribution in [1.29, 1.82) is 0 Å². The van der Waals surface area contributed by atoms with Crippen LogP contribution < -0.4 is 5.32 Å². The lowest BCUT2D eigenvalue weighted by Gasteiger charge is -2.27. The van der Waals surface area contributed by atoms with E-state index in [1.807, 2.05) is 37.1 Å². The van der Waals surface area contributed by atoms with Gasteiger partial charge >= 0.3 is 6.03 Å². The fourth-order valence-electron chi connectivity index (χ4n) is 3.23. The topological polar surface area (TPSA) is 50.2 Å². The Morgan fingerprint density at radius 1 is 1.43 bits per heavy atom. The standard InChI is InChI=1S/C18H24N4O/c1-13-7-4-5-8-14(13)12-21(2)18(23)20-16-9-6-10-17-15(16)11-19-22(17)3/h4-5,7-8,11,16H,6,9-10,12H2,1-3H3,(H,20,23). The molecule has 1 atom stereocenters. The van der Waals surface area contributed by atoms with E-state index in [0.717, 1.165) is 24.8 Å². The predicted octanol–water partition coefficient (Wildman–Crippen LogP) is 2.95. The Morgan fingerprint density at radius 3 is 3.00 bits per heavy atom. The Balaban J connectivity index is 1.67. The van der Waals surface area contributed by atoms with Crippen molar-refractivity contribution in [2.75, 3.05) is 7.05 Å². The van der Waals surface area contributed by atoms with Gasteiger partial charge in [0.15, 0.2) is 0 Å². The summed E-state index contributed by atoms with van der Waals surface area (Å²) in [5, 5.41) is 7.49. The van der Waals surface area contributed by atoms with Crippen LogP contribution in [-0.4, -0.2) is 27.8 Å². The van der Waals surface area contributed by atoms with Gasteiger partial charge in [-0.2, -0.15) is 5.10 Å². The smallest absolute Gasteiger partial charge is 0.317 e. The van der Waals surface area contributed by atoms with E-state index in [1.165, 1.54) is 16.8 Å². The van der Waals surface area contributed by atoms with Crippen LogP contribution in [0.25, 0.3) is 0 Å². The Bertz CT molecular complexity index is 707. The molecule has 1 unspecified atom stereocenters. The Morgan fingerprint density at radius 2 is 2.22 bits per heavy atom. The zero-order valence-corrected chi connectivity index (χ0v) is 14.0. The molecule has 0 saturated heterocycles. The summed E-state index contributed by atoms with van der Waals surface area (Å²) in [6.45, 7) is 2.69. The maximum atomic E-state index is 12.5. The lowest BCUT2D eigenvalue weighted by atomic mass is 9.93. The maximum Gasteiger partial charge on any atom is 0.317 e. The van der Waals surface area contributed by atoms with E-state index in [0.29, 0.717) is 6.54 Å². The van der Waals surface area contributed by atoms with Gasteiger partial charge in [0.25, 0.3) is 0 Å². The van der Waals surface area contributed by atoms with E-state index < -0.39 is 0 Å². The third kappa shape index (κ3) is 3.23. The van der Waals surface area contributed by atoms with E-state index in [9.17, 15) is 4.79 Å². The van der Waals surface area contributed by atoms with Crippen molar-refractivity contribution in [3.8, 4) is 0 Å². The first-order valence-electron chi connectivity index (χ1n) is 8.13. The molecule has 5 nitrogen and oxygen atoms in total. The summed E-state index contributed by atoms with van der Waals surface area (Å²) in [6, 6.07) is 8.21. The van der Waals surface area contributed by atoms with E-state index in [-0.39, 0.29) is 12.1 Å².